The first-order valence-electron chi connectivity index (χ1n) is 6.77. The van der Waals surface area contributed by atoms with E-state index in [0.29, 0.717) is 11.6 Å². The number of ether oxygens (including phenoxy) is 1. The first-order chi connectivity index (χ1) is 10.1. The summed E-state index contributed by atoms with van der Waals surface area (Å²) in [6.45, 7) is 3.90. The lowest BCUT2D eigenvalue weighted by Gasteiger charge is -2.13. The van der Waals surface area contributed by atoms with Gasteiger partial charge in [-0.15, -0.1) is 0 Å². The van der Waals surface area contributed by atoms with Gasteiger partial charge in [-0.25, -0.2) is 4.98 Å². The minimum Gasteiger partial charge on any atom is -0.481 e. The molecule has 21 heavy (non-hydrogen) atoms. The van der Waals surface area contributed by atoms with Crippen LogP contribution in [0.15, 0.2) is 36.5 Å². The average Bonchev–Trinajstić information content (AvgIpc) is 2.51. The Hall–Kier alpha value is -2.62. The number of hydrogen-bond donors (Lipinski definition) is 1. The molecule has 0 aliphatic rings. The predicted molar refractivity (Wildman–Crippen MR) is 85.4 cm³/mol. The van der Waals surface area contributed by atoms with Crippen LogP contribution in [0.2, 0.25) is 0 Å². The third-order valence-corrected chi connectivity index (χ3v) is 3.76. The molecule has 0 saturated heterocycles. The molecule has 2 N–H and O–H groups in total. The Bertz CT molecular complexity index is 828. The van der Waals surface area contributed by atoms with Gasteiger partial charge in [-0.05, 0) is 31.5 Å². The topological polar surface area (TPSA) is 61.0 Å². The fourth-order valence-corrected chi connectivity index (χ4v) is 2.46. The zero-order chi connectivity index (χ0) is 15.0. The largest absolute Gasteiger partial charge is 0.481 e. The molecule has 106 valence electrons. The molecule has 0 spiro atoms. The van der Waals surface area contributed by atoms with Crippen molar-refractivity contribution in [3.8, 4) is 17.0 Å². The third-order valence-electron chi connectivity index (χ3n) is 3.76. The molecule has 0 bridgehead atoms. The van der Waals surface area contributed by atoms with Crippen molar-refractivity contribution in [1.82, 2.24) is 9.97 Å². The minimum atomic E-state index is 0.585. The second-order valence-corrected chi connectivity index (χ2v) is 5.03. The van der Waals surface area contributed by atoms with Crippen molar-refractivity contribution in [3.63, 3.8) is 0 Å². The highest BCUT2D eigenvalue weighted by Gasteiger charge is 2.14. The van der Waals surface area contributed by atoms with E-state index in [0.717, 1.165) is 33.3 Å². The van der Waals surface area contributed by atoms with Crippen molar-refractivity contribution in [2.75, 3.05) is 12.8 Å². The first kappa shape index (κ1) is 13.4. The molecule has 1 aromatic carbocycles. The van der Waals surface area contributed by atoms with Gasteiger partial charge in [0.1, 0.15) is 0 Å². The van der Waals surface area contributed by atoms with Crippen LogP contribution in [0.4, 0.5) is 5.69 Å². The fourth-order valence-electron chi connectivity index (χ4n) is 2.46. The van der Waals surface area contributed by atoms with Crippen LogP contribution < -0.4 is 10.5 Å². The van der Waals surface area contributed by atoms with Gasteiger partial charge in [0.25, 0.3) is 0 Å². The van der Waals surface area contributed by atoms with Gasteiger partial charge < -0.3 is 10.5 Å². The Morgan fingerprint density at radius 1 is 1.10 bits per heavy atom. The van der Waals surface area contributed by atoms with Gasteiger partial charge in [-0.3, -0.25) is 4.98 Å². The van der Waals surface area contributed by atoms with Gasteiger partial charge >= 0.3 is 0 Å². The number of fused-ring (bicyclic) bond motifs is 1. The Labute approximate surface area is 123 Å². The molecule has 0 aliphatic carbocycles. The number of benzene rings is 1. The van der Waals surface area contributed by atoms with Crippen molar-refractivity contribution in [3.05, 3.63) is 47.8 Å². The van der Waals surface area contributed by atoms with Crippen molar-refractivity contribution in [1.29, 1.82) is 0 Å². The van der Waals surface area contributed by atoms with Crippen LogP contribution in [-0.2, 0) is 0 Å². The highest BCUT2D eigenvalue weighted by atomic mass is 16.5. The maximum atomic E-state index is 6.10. The first-order valence-corrected chi connectivity index (χ1v) is 6.77. The molecular weight excluding hydrogens is 262 g/mol. The number of anilines is 1. The quantitative estimate of drug-likeness (QED) is 0.780. The number of aryl methyl sites for hydroxylation is 1. The molecular formula is C17H17N3O. The summed E-state index contributed by atoms with van der Waals surface area (Å²) in [6, 6.07) is 10.0. The van der Waals surface area contributed by atoms with E-state index in [2.05, 4.69) is 16.0 Å². The molecule has 0 saturated carbocycles. The van der Waals surface area contributed by atoms with E-state index >= 15 is 0 Å². The van der Waals surface area contributed by atoms with E-state index in [9.17, 15) is 0 Å². The van der Waals surface area contributed by atoms with Crippen molar-refractivity contribution in [2.24, 2.45) is 0 Å². The Morgan fingerprint density at radius 3 is 2.62 bits per heavy atom. The number of nitrogens with two attached hydrogens (primary N) is 1. The molecule has 0 fully saturated rings. The van der Waals surface area contributed by atoms with Crippen molar-refractivity contribution in [2.45, 2.75) is 13.8 Å². The van der Waals surface area contributed by atoms with Gasteiger partial charge in [-0.1, -0.05) is 18.2 Å². The number of nitrogen functional groups attached to an aromatic ring is 1. The van der Waals surface area contributed by atoms with E-state index in [1.54, 1.807) is 7.11 Å². The molecule has 0 radical (unpaired) electrons. The van der Waals surface area contributed by atoms with Gasteiger partial charge in [0.05, 0.1) is 24.0 Å². The molecule has 0 atom stereocenters. The van der Waals surface area contributed by atoms with Gasteiger partial charge in [0, 0.05) is 22.7 Å². The summed E-state index contributed by atoms with van der Waals surface area (Å²) < 4.78 is 5.45. The number of para-hydroxylation sites is 1. The zero-order valence-corrected chi connectivity index (χ0v) is 12.3. The second kappa shape index (κ2) is 5.05. The van der Waals surface area contributed by atoms with Gasteiger partial charge in [-0.2, -0.15) is 0 Å². The zero-order valence-electron chi connectivity index (χ0n) is 12.3. The summed E-state index contributed by atoms with van der Waals surface area (Å²) in [5, 5.41) is 1.06. The number of nitrogens with zero attached hydrogens (tertiary/aromatic N) is 2. The summed E-state index contributed by atoms with van der Waals surface area (Å²) in [5.74, 6) is 0.585. The lowest BCUT2D eigenvalue weighted by molar-refractivity contribution is 0.401. The Morgan fingerprint density at radius 2 is 1.86 bits per heavy atom. The highest BCUT2D eigenvalue weighted by Crippen LogP contribution is 2.35. The summed E-state index contributed by atoms with van der Waals surface area (Å²) in [4.78, 5) is 8.94. The van der Waals surface area contributed by atoms with Gasteiger partial charge in [0.15, 0.2) is 0 Å². The van der Waals surface area contributed by atoms with Crippen LogP contribution >= 0.6 is 0 Å². The molecule has 2 aromatic heterocycles. The van der Waals surface area contributed by atoms with E-state index in [1.807, 2.05) is 44.3 Å². The number of rotatable bonds is 2. The van der Waals surface area contributed by atoms with Crippen LogP contribution in [-0.4, -0.2) is 17.1 Å². The molecule has 2 heterocycles. The maximum Gasteiger partial charge on any atom is 0.221 e. The monoisotopic (exact) mass is 279 g/mol. The lowest BCUT2D eigenvalue weighted by Crippen LogP contribution is -2.00. The average molecular weight is 279 g/mol. The minimum absolute atomic E-state index is 0.585. The Balaban J connectivity index is 2.31. The number of hydrogen-bond acceptors (Lipinski definition) is 4. The van der Waals surface area contributed by atoms with Crippen LogP contribution in [0.3, 0.4) is 0 Å². The maximum absolute atomic E-state index is 6.10. The Kier molecular flexibility index (Phi) is 3.22. The van der Waals surface area contributed by atoms with Crippen LogP contribution in [0, 0.1) is 13.8 Å². The summed E-state index contributed by atoms with van der Waals surface area (Å²) in [7, 11) is 1.63. The summed E-state index contributed by atoms with van der Waals surface area (Å²) in [6.07, 6.45) is 1.83. The van der Waals surface area contributed by atoms with Crippen LogP contribution in [0.5, 0.6) is 5.88 Å². The van der Waals surface area contributed by atoms with Crippen LogP contribution in [0.25, 0.3) is 22.0 Å². The molecule has 0 amide bonds. The molecule has 0 aliphatic heterocycles. The van der Waals surface area contributed by atoms with Crippen molar-refractivity contribution >= 4 is 16.6 Å². The number of pyridine rings is 2. The molecule has 4 nitrogen and oxygen atoms in total. The molecule has 4 heteroatoms. The highest BCUT2D eigenvalue weighted by molar-refractivity contribution is 5.87. The van der Waals surface area contributed by atoms with Crippen LogP contribution in [0.1, 0.15) is 11.3 Å². The molecule has 0 unspecified atom stereocenters. The lowest BCUT2D eigenvalue weighted by atomic mass is 10.00. The predicted octanol–water partition coefficient (Wildman–Crippen LogP) is 3.50. The van der Waals surface area contributed by atoms with Gasteiger partial charge in [0.2, 0.25) is 5.88 Å². The number of methoxy groups -OCH3 is 1. The van der Waals surface area contributed by atoms with Crippen molar-refractivity contribution < 1.29 is 4.74 Å². The van der Waals surface area contributed by atoms with E-state index < -0.39 is 0 Å². The standard InChI is InChI=1S/C17H17N3O/c1-10-14(9-19-11(2)16(10)18)13-8-12-6-4-5-7-15(12)20-17(13)21-3/h4-9H,18H2,1-3H3. The smallest absolute Gasteiger partial charge is 0.221 e. The summed E-state index contributed by atoms with van der Waals surface area (Å²) in [5.41, 5.74) is 11.4. The summed E-state index contributed by atoms with van der Waals surface area (Å²) >= 11 is 0. The van der Waals surface area contributed by atoms with E-state index in [-0.39, 0.29) is 0 Å². The second-order valence-electron chi connectivity index (χ2n) is 5.03. The normalized spacial score (nSPS) is 10.8. The molecule has 3 rings (SSSR count). The SMILES string of the molecule is COc1nc2ccccc2cc1-c1cnc(C)c(N)c1C. The van der Waals surface area contributed by atoms with E-state index in [4.69, 9.17) is 10.5 Å². The third kappa shape index (κ3) is 2.18. The molecule has 3 aromatic rings. The number of aromatic nitrogens is 2. The fraction of sp³-hybridized carbons (Fsp3) is 0.176. The van der Waals surface area contributed by atoms with E-state index in [1.165, 1.54) is 0 Å².